The number of amides is 1. The van der Waals surface area contributed by atoms with Crippen LogP contribution in [0.1, 0.15) is 28.8 Å². The first-order valence-corrected chi connectivity index (χ1v) is 12.2. The lowest BCUT2D eigenvalue weighted by Crippen LogP contribution is -2.26. The molecule has 0 saturated heterocycles. The number of aryl methyl sites for hydroxylation is 1. The summed E-state index contributed by atoms with van der Waals surface area (Å²) in [7, 11) is 1.26. The quantitative estimate of drug-likeness (QED) is 0.345. The number of carbonyl (C=O) groups is 1. The number of nitrogens with zero attached hydrogens (tertiary/aromatic N) is 3. The maximum Gasteiger partial charge on any atom is 0.251 e. The minimum atomic E-state index is -1.17. The molecular weight excluding hydrogens is 474 g/mol. The lowest BCUT2D eigenvalue weighted by Gasteiger charge is -2.12. The molecule has 2 aromatic heterocycles. The minimum Gasteiger partial charge on any atom is -0.494 e. The standard InChI is InChI=1S/C25H22F2N4O3S/c1-13-10-14(4-7-16(13)25(32)29-15-5-6-15)17-12-28-24-20(35-3)11-21(30-31(17)24)34-19-9-8-18(33-2)22(26)23(19)27/h4,7-12,15H,5-6H2,1-3H3,(H,29,32). The number of fused-ring (bicyclic) bond motifs is 1. The van der Waals surface area contributed by atoms with E-state index in [9.17, 15) is 13.6 Å². The highest BCUT2D eigenvalue weighted by Gasteiger charge is 2.25. The molecule has 180 valence electrons. The van der Waals surface area contributed by atoms with E-state index in [1.54, 1.807) is 22.8 Å². The maximum absolute atomic E-state index is 14.5. The van der Waals surface area contributed by atoms with Crippen molar-refractivity contribution in [3.63, 3.8) is 0 Å². The molecule has 0 unspecified atom stereocenters. The number of hydrogen-bond donors (Lipinski definition) is 1. The van der Waals surface area contributed by atoms with Gasteiger partial charge in [0.25, 0.3) is 5.91 Å². The summed E-state index contributed by atoms with van der Waals surface area (Å²) >= 11 is 1.42. The summed E-state index contributed by atoms with van der Waals surface area (Å²) in [5, 5.41) is 7.49. The topological polar surface area (TPSA) is 77.8 Å². The molecule has 0 spiro atoms. The van der Waals surface area contributed by atoms with Crippen molar-refractivity contribution in [2.24, 2.45) is 0 Å². The van der Waals surface area contributed by atoms with Crippen molar-refractivity contribution in [1.29, 1.82) is 0 Å². The van der Waals surface area contributed by atoms with Gasteiger partial charge in [-0.25, -0.2) is 9.50 Å². The van der Waals surface area contributed by atoms with Gasteiger partial charge in [-0.1, -0.05) is 6.07 Å². The molecule has 1 N–H and O–H groups in total. The highest BCUT2D eigenvalue weighted by molar-refractivity contribution is 7.98. The van der Waals surface area contributed by atoms with Crippen LogP contribution in [0.4, 0.5) is 8.78 Å². The summed E-state index contributed by atoms with van der Waals surface area (Å²) in [6.45, 7) is 1.88. The summed E-state index contributed by atoms with van der Waals surface area (Å²) < 4.78 is 40.7. The first kappa shape index (κ1) is 23.1. The monoisotopic (exact) mass is 496 g/mol. The van der Waals surface area contributed by atoms with Crippen molar-refractivity contribution in [1.82, 2.24) is 19.9 Å². The molecule has 10 heteroatoms. The molecule has 7 nitrogen and oxygen atoms in total. The molecule has 1 aliphatic rings. The first-order chi connectivity index (χ1) is 16.9. The third-order valence-electron chi connectivity index (χ3n) is 5.76. The van der Waals surface area contributed by atoms with Gasteiger partial charge in [-0.2, -0.15) is 8.78 Å². The number of halogens is 2. The van der Waals surface area contributed by atoms with E-state index in [1.807, 2.05) is 25.3 Å². The lowest BCUT2D eigenvalue weighted by atomic mass is 10.0. The Kier molecular flexibility index (Phi) is 6.06. The Morgan fingerprint density at radius 1 is 1.14 bits per heavy atom. The fraction of sp³-hybridized carbons (Fsp3) is 0.240. The predicted octanol–water partition coefficient (Wildman–Crippen LogP) is 5.40. The van der Waals surface area contributed by atoms with E-state index in [1.165, 1.54) is 31.0 Å². The largest absolute Gasteiger partial charge is 0.494 e. The van der Waals surface area contributed by atoms with E-state index in [0.717, 1.165) is 28.9 Å². The summed E-state index contributed by atoms with van der Waals surface area (Å²) in [6, 6.07) is 9.99. The van der Waals surface area contributed by atoms with Crippen LogP contribution < -0.4 is 14.8 Å². The number of benzene rings is 2. The Morgan fingerprint density at radius 3 is 2.57 bits per heavy atom. The van der Waals surface area contributed by atoms with Gasteiger partial charge in [0.15, 0.2) is 17.1 Å². The van der Waals surface area contributed by atoms with E-state index in [2.05, 4.69) is 15.4 Å². The first-order valence-electron chi connectivity index (χ1n) is 10.9. The second kappa shape index (κ2) is 9.18. The molecule has 0 aliphatic heterocycles. The number of carbonyl (C=O) groups excluding carboxylic acids is 1. The Balaban J connectivity index is 1.52. The predicted molar refractivity (Wildman–Crippen MR) is 128 cm³/mol. The number of nitrogens with one attached hydrogen (secondary N) is 1. The lowest BCUT2D eigenvalue weighted by molar-refractivity contribution is 0.0950. The van der Waals surface area contributed by atoms with Gasteiger partial charge in [0.2, 0.25) is 17.5 Å². The van der Waals surface area contributed by atoms with Gasteiger partial charge in [-0.15, -0.1) is 16.9 Å². The van der Waals surface area contributed by atoms with E-state index in [0.29, 0.717) is 16.9 Å². The summed E-state index contributed by atoms with van der Waals surface area (Å²) in [4.78, 5) is 17.7. The van der Waals surface area contributed by atoms with E-state index >= 15 is 0 Å². The number of methoxy groups -OCH3 is 1. The summed E-state index contributed by atoms with van der Waals surface area (Å²) in [6.07, 6.45) is 5.59. The SMILES string of the molecule is COc1ccc(Oc2cc(SC)c3ncc(-c4ccc(C(=O)NC5CC5)c(C)c4)n3n2)c(F)c1F. The summed E-state index contributed by atoms with van der Waals surface area (Å²) in [5.74, 6) is -2.85. The average Bonchev–Trinajstić information content (AvgIpc) is 3.56. The molecule has 2 heterocycles. The Hall–Kier alpha value is -3.66. The van der Waals surface area contributed by atoms with Crippen molar-refractivity contribution >= 4 is 23.3 Å². The van der Waals surface area contributed by atoms with Crippen molar-refractivity contribution in [3.8, 4) is 28.6 Å². The number of rotatable bonds is 7. The maximum atomic E-state index is 14.5. The van der Waals surface area contributed by atoms with Gasteiger partial charge < -0.3 is 14.8 Å². The molecule has 4 aromatic rings. The number of ether oxygens (including phenoxy) is 2. The van der Waals surface area contributed by atoms with Gasteiger partial charge in [0, 0.05) is 23.2 Å². The molecule has 5 rings (SSSR count). The molecule has 0 atom stereocenters. The van der Waals surface area contributed by atoms with Gasteiger partial charge in [-0.05, 0) is 55.9 Å². The zero-order valence-corrected chi connectivity index (χ0v) is 20.1. The second-order valence-corrected chi connectivity index (χ2v) is 9.05. The highest BCUT2D eigenvalue weighted by Crippen LogP contribution is 2.34. The smallest absolute Gasteiger partial charge is 0.251 e. The van der Waals surface area contributed by atoms with Crippen LogP contribution in [-0.2, 0) is 0 Å². The van der Waals surface area contributed by atoms with Crippen LogP contribution in [0.15, 0.2) is 47.5 Å². The van der Waals surface area contributed by atoms with Crippen LogP contribution >= 0.6 is 11.8 Å². The average molecular weight is 497 g/mol. The minimum absolute atomic E-state index is 0.0710. The molecular formula is C25H22F2N4O3S. The van der Waals surface area contributed by atoms with Gasteiger partial charge in [0.1, 0.15) is 0 Å². The molecule has 2 aromatic carbocycles. The van der Waals surface area contributed by atoms with Crippen molar-refractivity contribution in [3.05, 3.63) is 65.4 Å². The van der Waals surface area contributed by atoms with Gasteiger partial charge in [0.05, 0.1) is 23.9 Å². The van der Waals surface area contributed by atoms with Crippen LogP contribution in [0.25, 0.3) is 16.9 Å². The van der Waals surface area contributed by atoms with Crippen LogP contribution in [0.2, 0.25) is 0 Å². The number of imidazole rings is 1. The number of thioether (sulfide) groups is 1. The van der Waals surface area contributed by atoms with Crippen molar-refractivity contribution in [2.75, 3.05) is 13.4 Å². The molecule has 0 radical (unpaired) electrons. The molecule has 0 bridgehead atoms. The number of aromatic nitrogens is 3. The van der Waals surface area contributed by atoms with Crippen molar-refractivity contribution in [2.45, 2.75) is 30.7 Å². The molecule has 1 amide bonds. The molecule has 1 saturated carbocycles. The Morgan fingerprint density at radius 2 is 1.89 bits per heavy atom. The Bertz CT molecular complexity index is 1450. The summed E-state index contributed by atoms with van der Waals surface area (Å²) in [5.41, 5.74) is 3.50. The third kappa shape index (κ3) is 4.41. The highest BCUT2D eigenvalue weighted by atomic mass is 32.2. The Labute approximate surface area is 204 Å². The normalized spacial score (nSPS) is 13.2. The second-order valence-electron chi connectivity index (χ2n) is 8.20. The van der Waals surface area contributed by atoms with Crippen LogP contribution in [0.5, 0.6) is 17.4 Å². The van der Waals surface area contributed by atoms with Gasteiger partial charge in [-0.3, -0.25) is 4.79 Å². The van der Waals surface area contributed by atoms with E-state index < -0.39 is 11.6 Å². The van der Waals surface area contributed by atoms with Crippen LogP contribution in [0.3, 0.4) is 0 Å². The molecule has 1 fully saturated rings. The third-order valence-corrected chi connectivity index (χ3v) is 6.50. The van der Waals surface area contributed by atoms with Crippen LogP contribution in [-0.4, -0.2) is 39.9 Å². The number of hydrogen-bond acceptors (Lipinski definition) is 6. The fourth-order valence-corrected chi connectivity index (χ4v) is 4.29. The van der Waals surface area contributed by atoms with E-state index in [-0.39, 0.29) is 29.3 Å². The zero-order chi connectivity index (χ0) is 24.7. The zero-order valence-electron chi connectivity index (χ0n) is 19.3. The molecule has 1 aliphatic carbocycles. The van der Waals surface area contributed by atoms with Crippen molar-refractivity contribution < 1.29 is 23.0 Å². The fourth-order valence-electron chi connectivity index (χ4n) is 3.75. The van der Waals surface area contributed by atoms with Crippen LogP contribution in [0, 0.1) is 18.6 Å². The van der Waals surface area contributed by atoms with Gasteiger partial charge >= 0.3 is 0 Å². The molecule has 35 heavy (non-hydrogen) atoms. The van der Waals surface area contributed by atoms with E-state index in [4.69, 9.17) is 9.47 Å².